The molecule has 106 valence electrons. The molecule has 0 aliphatic carbocycles. The van der Waals surface area contributed by atoms with E-state index in [4.69, 9.17) is 4.42 Å². The van der Waals surface area contributed by atoms with Gasteiger partial charge in [0, 0.05) is 5.56 Å². The molecule has 0 saturated carbocycles. The van der Waals surface area contributed by atoms with Crippen molar-refractivity contribution in [1.29, 1.82) is 0 Å². The van der Waals surface area contributed by atoms with Crippen LogP contribution in [0.5, 0.6) is 0 Å². The van der Waals surface area contributed by atoms with Crippen molar-refractivity contribution in [2.75, 3.05) is 0 Å². The van der Waals surface area contributed by atoms with Crippen LogP contribution in [-0.2, 0) is 0 Å². The summed E-state index contributed by atoms with van der Waals surface area (Å²) >= 11 is 0. The average molecular weight is 284 g/mol. The summed E-state index contributed by atoms with van der Waals surface area (Å²) in [5, 5.41) is 0. The summed E-state index contributed by atoms with van der Waals surface area (Å²) in [5.41, 5.74) is -0.648. The van der Waals surface area contributed by atoms with Crippen molar-refractivity contribution in [3.05, 3.63) is 73.8 Å². The molecule has 0 saturated heterocycles. The number of aromatic nitrogens is 2. The molecule has 6 nitrogen and oxygen atoms in total. The molecule has 0 aliphatic heterocycles. The first-order valence-electron chi connectivity index (χ1n) is 6.35. The Balaban J connectivity index is 2.39. The van der Waals surface area contributed by atoms with Crippen molar-refractivity contribution in [2.45, 2.75) is 13.8 Å². The molecule has 0 fully saturated rings. The summed E-state index contributed by atoms with van der Waals surface area (Å²) in [5.74, 6) is -0.00342. The fourth-order valence-electron chi connectivity index (χ4n) is 2.23. The van der Waals surface area contributed by atoms with Crippen molar-refractivity contribution in [2.24, 2.45) is 0 Å². The predicted octanol–water partition coefficient (Wildman–Crippen LogP) is 1.43. The highest BCUT2D eigenvalue weighted by Gasteiger charge is 2.22. The number of rotatable bonds is 2. The Morgan fingerprint density at radius 2 is 1.81 bits per heavy atom. The Morgan fingerprint density at radius 3 is 2.48 bits per heavy atom. The minimum Gasteiger partial charge on any atom is -0.442 e. The number of aryl methyl sites for hydroxylation is 2. The number of hydrogen-bond acceptors (Lipinski definition) is 4. The number of carbonyl (C=O) groups is 1. The molecule has 0 bridgehead atoms. The molecule has 0 atom stereocenters. The van der Waals surface area contributed by atoms with Crippen LogP contribution in [-0.4, -0.2) is 15.2 Å². The van der Waals surface area contributed by atoms with Gasteiger partial charge in [-0.15, -0.1) is 0 Å². The van der Waals surface area contributed by atoms with Crippen molar-refractivity contribution < 1.29 is 9.21 Å². The summed E-state index contributed by atoms with van der Waals surface area (Å²) in [6, 6.07) is 8.38. The summed E-state index contributed by atoms with van der Waals surface area (Å²) in [4.78, 5) is 38.6. The van der Waals surface area contributed by atoms with Crippen LogP contribution in [0.15, 0.2) is 44.3 Å². The van der Waals surface area contributed by atoms with Gasteiger partial charge in [0.2, 0.25) is 11.5 Å². The highest BCUT2D eigenvalue weighted by Crippen LogP contribution is 2.17. The van der Waals surface area contributed by atoms with Gasteiger partial charge in [0.1, 0.15) is 11.3 Å². The lowest BCUT2D eigenvalue weighted by Gasteiger charge is -2.01. The maximum Gasteiger partial charge on any atom is 0.335 e. The summed E-state index contributed by atoms with van der Waals surface area (Å²) in [6.45, 7) is 3.35. The zero-order valence-electron chi connectivity index (χ0n) is 11.5. The van der Waals surface area contributed by atoms with E-state index in [0.29, 0.717) is 17.0 Å². The van der Waals surface area contributed by atoms with Gasteiger partial charge in [-0.1, -0.05) is 30.3 Å². The lowest BCUT2D eigenvalue weighted by molar-refractivity contribution is 0.103. The number of fused-ring (bicyclic) bond motifs is 1. The first-order valence-corrected chi connectivity index (χ1v) is 6.35. The monoisotopic (exact) mass is 284 g/mol. The van der Waals surface area contributed by atoms with Gasteiger partial charge in [-0.2, -0.15) is 0 Å². The molecule has 1 aromatic carbocycles. The highest BCUT2D eigenvalue weighted by atomic mass is 16.4. The number of aromatic amines is 1. The number of benzene rings is 1. The Bertz CT molecular complexity index is 961. The molecule has 6 heteroatoms. The van der Waals surface area contributed by atoms with Gasteiger partial charge in [-0.25, -0.2) is 9.20 Å². The van der Waals surface area contributed by atoms with E-state index < -0.39 is 17.0 Å². The zero-order valence-corrected chi connectivity index (χ0v) is 11.5. The summed E-state index contributed by atoms with van der Waals surface area (Å²) < 4.78 is 6.66. The number of nitrogens with zero attached hydrogens (tertiary/aromatic N) is 1. The molecule has 0 unspecified atom stereocenters. The van der Waals surface area contributed by atoms with Crippen molar-refractivity contribution >= 4 is 11.5 Å². The first kappa shape index (κ1) is 13.1. The van der Waals surface area contributed by atoms with Crippen molar-refractivity contribution in [1.82, 2.24) is 9.38 Å². The van der Waals surface area contributed by atoms with Crippen molar-refractivity contribution in [3.8, 4) is 0 Å². The first-order chi connectivity index (χ1) is 10.0. The van der Waals surface area contributed by atoms with Crippen LogP contribution in [0.2, 0.25) is 0 Å². The van der Waals surface area contributed by atoms with E-state index in [9.17, 15) is 14.4 Å². The normalized spacial score (nSPS) is 11.0. The largest absolute Gasteiger partial charge is 0.442 e. The highest BCUT2D eigenvalue weighted by molar-refractivity contribution is 6.12. The number of carbonyl (C=O) groups excluding carboxylic acids is 1. The molecule has 2 aromatic heterocycles. The topological polar surface area (TPSA) is 84.5 Å². The molecule has 21 heavy (non-hydrogen) atoms. The van der Waals surface area contributed by atoms with Gasteiger partial charge in [-0.05, 0) is 13.8 Å². The minimum absolute atomic E-state index is 0.0207. The fraction of sp³-hybridized carbons (Fsp3) is 0.133. The van der Waals surface area contributed by atoms with E-state index >= 15 is 0 Å². The lowest BCUT2D eigenvalue weighted by atomic mass is 10.1. The lowest BCUT2D eigenvalue weighted by Crippen LogP contribution is -2.31. The third kappa shape index (κ3) is 1.92. The van der Waals surface area contributed by atoms with Crippen molar-refractivity contribution in [3.63, 3.8) is 0 Å². The van der Waals surface area contributed by atoms with Gasteiger partial charge in [-0.3, -0.25) is 14.6 Å². The molecule has 1 N–H and O–H groups in total. The summed E-state index contributed by atoms with van der Waals surface area (Å²) in [7, 11) is 0. The molecule has 0 radical (unpaired) electrons. The molecule has 3 rings (SSSR count). The second-order valence-electron chi connectivity index (χ2n) is 4.71. The van der Waals surface area contributed by atoms with Crippen LogP contribution >= 0.6 is 0 Å². The SMILES string of the molecule is Cc1oc2c(C(=O)c3ccccc3)c(=O)[nH]c(=O)n2c1C. The number of H-pyrrole nitrogens is 1. The van der Waals surface area contributed by atoms with Crippen LogP contribution < -0.4 is 11.2 Å². The molecule has 3 aromatic rings. The van der Waals surface area contributed by atoms with Crippen LogP contribution in [0.4, 0.5) is 0 Å². The average Bonchev–Trinajstić information content (AvgIpc) is 2.75. The molecular formula is C15H12N2O4. The second-order valence-corrected chi connectivity index (χ2v) is 4.71. The molecule has 2 heterocycles. The van der Waals surface area contributed by atoms with Gasteiger partial charge >= 0.3 is 5.69 Å². The second kappa shape index (κ2) is 4.59. The number of ketones is 1. The Labute approximate surface area is 118 Å². The quantitative estimate of drug-likeness (QED) is 0.721. The van der Waals surface area contributed by atoms with E-state index in [0.717, 1.165) is 0 Å². The van der Waals surface area contributed by atoms with Gasteiger partial charge in [0.25, 0.3) is 5.56 Å². The van der Waals surface area contributed by atoms with Gasteiger partial charge in [0.05, 0.1) is 5.69 Å². The third-order valence-corrected chi connectivity index (χ3v) is 3.43. The van der Waals surface area contributed by atoms with E-state index in [-0.39, 0.29) is 11.3 Å². The smallest absolute Gasteiger partial charge is 0.335 e. The number of hydrogen-bond donors (Lipinski definition) is 1. The zero-order chi connectivity index (χ0) is 15.1. The van der Waals surface area contributed by atoms with E-state index in [1.54, 1.807) is 44.2 Å². The van der Waals surface area contributed by atoms with Gasteiger partial charge < -0.3 is 4.42 Å². The Hall–Kier alpha value is -2.89. The number of nitrogens with one attached hydrogen (secondary N) is 1. The maximum atomic E-state index is 12.5. The third-order valence-electron chi connectivity index (χ3n) is 3.43. The maximum absolute atomic E-state index is 12.5. The standard InChI is InChI=1S/C15H12N2O4/c1-8-9(2)21-14-11(13(19)16-15(20)17(8)14)12(18)10-6-4-3-5-7-10/h3-7H,1-2H3,(H,16,19,20). The molecule has 0 amide bonds. The van der Waals surface area contributed by atoms with Crippen LogP contribution in [0.3, 0.4) is 0 Å². The Kier molecular flexibility index (Phi) is 2.86. The number of oxazole rings is 1. The van der Waals surface area contributed by atoms with E-state index in [2.05, 4.69) is 4.98 Å². The van der Waals surface area contributed by atoms with Crippen LogP contribution in [0.25, 0.3) is 5.71 Å². The summed E-state index contributed by atoms with van der Waals surface area (Å²) in [6.07, 6.45) is 0. The minimum atomic E-state index is -0.748. The van der Waals surface area contributed by atoms with Crippen LogP contribution in [0, 0.1) is 13.8 Å². The fourth-order valence-corrected chi connectivity index (χ4v) is 2.23. The molecule has 0 spiro atoms. The van der Waals surface area contributed by atoms with Crippen LogP contribution in [0.1, 0.15) is 27.4 Å². The molecular weight excluding hydrogens is 272 g/mol. The predicted molar refractivity (Wildman–Crippen MR) is 75.9 cm³/mol. The van der Waals surface area contributed by atoms with E-state index in [1.165, 1.54) is 4.40 Å². The Morgan fingerprint density at radius 1 is 1.14 bits per heavy atom. The van der Waals surface area contributed by atoms with E-state index in [1.807, 2.05) is 0 Å². The molecule has 0 aliphatic rings. The van der Waals surface area contributed by atoms with Gasteiger partial charge in [0.15, 0.2) is 0 Å².